The van der Waals surface area contributed by atoms with Gasteiger partial charge in [0.25, 0.3) is 16.0 Å². The third-order valence-corrected chi connectivity index (χ3v) is 6.43. The van der Waals surface area contributed by atoms with Crippen LogP contribution in [0.25, 0.3) is 0 Å². The molecule has 0 spiro atoms. The van der Waals surface area contributed by atoms with E-state index in [-0.39, 0.29) is 10.8 Å². The van der Waals surface area contributed by atoms with Crippen LogP contribution in [0, 0.1) is 0 Å². The Morgan fingerprint density at radius 3 is 2.86 bits per heavy atom. The first-order chi connectivity index (χ1) is 10.0. The number of anilines is 1. The Morgan fingerprint density at radius 2 is 2.19 bits per heavy atom. The van der Waals surface area contributed by atoms with Gasteiger partial charge in [0.1, 0.15) is 4.90 Å². The van der Waals surface area contributed by atoms with E-state index in [1.807, 2.05) is 0 Å². The average Bonchev–Trinajstić information content (AvgIpc) is 3.19. The summed E-state index contributed by atoms with van der Waals surface area (Å²) in [6.45, 7) is 0.673. The molecule has 3 rings (SSSR count). The molecule has 0 atom stereocenters. The standard InChI is InChI=1S/C11H12BrN5O2S2/c12-10-9(5-8(20-10)6-14-7-1-2-7)21(18,19)17-11-13-3-4-15-16-11/h3-5,7,14H,1-2,6H2,(H,13,16,17). The van der Waals surface area contributed by atoms with Crippen LogP contribution in [-0.4, -0.2) is 29.6 Å². The minimum absolute atomic E-state index is 0.0479. The Hall–Kier alpha value is -1.10. The van der Waals surface area contributed by atoms with E-state index >= 15 is 0 Å². The van der Waals surface area contributed by atoms with Gasteiger partial charge in [-0.15, -0.1) is 16.4 Å². The molecule has 2 N–H and O–H groups in total. The van der Waals surface area contributed by atoms with Crippen LogP contribution >= 0.6 is 27.3 Å². The molecule has 1 fully saturated rings. The number of rotatable bonds is 6. The highest BCUT2D eigenvalue weighted by Gasteiger charge is 2.24. The van der Waals surface area contributed by atoms with Gasteiger partial charge in [-0.05, 0) is 34.8 Å². The number of nitrogens with one attached hydrogen (secondary N) is 2. The van der Waals surface area contributed by atoms with Crippen molar-refractivity contribution in [2.45, 2.75) is 30.3 Å². The van der Waals surface area contributed by atoms with Crippen molar-refractivity contribution in [2.75, 3.05) is 4.72 Å². The van der Waals surface area contributed by atoms with Gasteiger partial charge in [-0.2, -0.15) is 5.10 Å². The zero-order valence-corrected chi connectivity index (χ0v) is 14.0. The first kappa shape index (κ1) is 14.8. The van der Waals surface area contributed by atoms with E-state index in [2.05, 4.69) is 41.2 Å². The van der Waals surface area contributed by atoms with Gasteiger partial charge in [-0.1, -0.05) is 0 Å². The molecule has 21 heavy (non-hydrogen) atoms. The third kappa shape index (κ3) is 3.76. The predicted molar refractivity (Wildman–Crippen MR) is 82.5 cm³/mol. The van der Waals surface area contributed by atoms with Gasteiger partial charge < -0.3 is 5.32 Å². The highest BCUT2D eigenvalue weighted by molar-refractivity contribution is 9.11. The minimum atomic E-state index is -3.73. The molecule has 0 radical (unpaired) electrons. The van der Waals surface area contributed by atoms with E-state index in [9.17, 15) is 8.42 Å². The lowest BCUT2D eigenvalue weighted by atomic mass is 10.4. The van der Waals surface area contributed by atoms with E-state index in [1.165, 1.54) is 36.6 Å². The molecule has 1 aliphatic rings. The number of hydrogen-bond donors (Lipinski definition) is 2. The van der Waals surface area contributed by atoms with Crippen LogP contribution < -0.4 is 10.0 Å². The van der Waals surface area contributed by atoms with Gasteiger partial charge in [0.15, 0.2) is 0 Å². The fourth-order valence-corrected chi connectivity index (χ4v) is 5.25. The van der Waals surface area contributed by atoms with E-state index in [1.54, 1.807) is 6.07 Å². The molecule has 0 unspecified atom stereocenters. The smallest absolute Gasteiger partial charge is 0.266 e. The molecule has 2 heterocycles. The number of aromatic nitrogens is 3. The van der Waals surface area contributed by atoms with Crippen molar-refractivity contribution in [1.29, 1.82) is 0 Å². The van der Waals surface area contributed by atoms with Crippen molar-refractivity contribution in [3.05, 3.63) is 27.1 Å². The molecule has 1 saturated carbocycles. The summed E-state index contributed by atoms with van der Waals surface area (Å²) < 4.78 is 27.5. The molecule has 1 aliphatic carbocycles. The Kier molecular flexibility index (Phi) is 4.20. The molecule has 0 amide bonds. The predicted octanol–water partition coefficient (Wildman–Crippen LogP) is 1.75. The van der Waals surface area contributed by atoms with Crippen LogP contribution in [0.3, 0.4) is 0 Å². The topological polar surface area (TPSA) is 96.9 Å². The zero-order chi connectivity index (χ0) is 14.9. The number of sulfonamides is 1. The summed E-state index contributed by atoms with van der Waals surface area (Å²) in [5, 5.41) is 10.6. The molecule has 7 nitrogen and oxygen atoms in total. The molecule has 2 aromatic rings. The largest absolute Gasteiger partial charge is 0.309 e. The molecular formula is C11H12BrN5O2S2. The molecule has 112 valence electrons. The van der Waals surface area contributed by atoms with Crippen LogP contribution in [0.4, 0.5) is 5.95 Å². The quantitative estimate of drug-likeness (QED) is 0.780. The van der Waals surface area contributed by atoms with Crippen molar-refractivity contribution in [2.24, 2.45) is 0 Å². The SMILES string of the molecule is O=S(=O)(Nc1nccnn1)c1cc(CNC2CC2)sc1Br. The van der Waals surface area contributed by atoms with Gasteiger partial charge in [0.2, 0.25) is 0 Å². The number of hydrogen-bond acceptors (Lipinski definition) is 7. The normalized spacial score (nSPS) is 15.1. The molecule has 0 aromatic carbocycles. The molecule has 2 aromatic heterocycles. The Balaban J connectivity index is 1.77. The summed E-state index contributed by atoms with van der Waals surface area (Å²) in [7, 11) is -3.73. The molecule has 0 aliphatic heterocycles. The van der Waals surface area contributed by atoms with E-state index in [4.69, 9.17) is 0 Å². The molecular weight excluding hydrogens is 378 g/mol. The van der Waals surface area contributed by atoms with Crippen molar-refractivity contribution in [3.63, 3.8) is 0 Å². The summed E-state index contributed by atoms with van der Waals surface area (Å²) in [6, 6.07) is 2.23. The summed E-state index contributed by atoms with van der Waals surface area (Å²) >= 11 is 4.70. The number of thiophene rings is 1. The van der Waals surface area contributed by atoms with E-state index in [0.717, 1.165) is 4.88 Å². The van der Waals surface area contributed by atoms with E-state index in [0.29, 0.717) is 16.4 Å². The third-order valence-electron chi connectivity index (χ3n) is 2.85. The monoisotopic (exact) mass is 389 g/mol. The second-order valence-corrected chi connectivity index (χ2v) is 8.68. The van der Waals surface area contributed by atoms with Crippen LogP contribution in [-0.2, 0) is 16.6 Å². The second-order valence-electron chi connectivity index (χ2n) is 4.58. The summed E-state index contributed by atoms with van der Waals surface area (Å²) in [6.07, 6.45) is 5.13. The highest BCUT2D eigenvalue weighted by atomic mass is 79.9. The van der Waals surface area contributed by atoms with Gasteiger partial charge in [-0.3, -0.25) is 0 Å². The Morgan fingerprint density at radius 1 is 1.38 bits per heavy atom. The fourth-order valence-electron chi connectivity index (χ4n) is 1.67. The number of halogens is 1. The van der Waals surface area contributed by atoms with Gasteiger partial charge in [0.05, 0.1) is 16.2 Å². The first-order valence-corrected chi connectivity index (χ1v) is 9.32. The first-order valence-electron chi connectivity index (χ1n) is 6.23. The maximum absolute atomic E-state index is 12.3. The van der Waals surface area contributed by atoms with Gasteiger partial charge in [0, 0.05) is 17.5 Å². The summed E-state index contributed by atoms with van der Waals surface area (Å²) in [5.41, 5.74) is 0. The lowest BCUT2D eigenvalue weighted by Crippen LogP contribution is -2.16. The number of nitrogens with zero attached hydrogens (tertiary/aromatic N) is 3. The van der Waals surface area contributed by atoms with Crippen LogP contribution in [0.1, 0.15) is 17.7 Å². The maximum atomic E-state index is 12.3. The molecule has 0 saturated heterocycles. The highest BCUT2D eigenvalue weighted by Crippen LogP contribution is 2.33. The maximum Gasteiger partial charge on any atom is 0.266 e. The van der Waals surface area contributed by atoms with Crippen LogP contribution in [0.15, 0.2) is 27.1 Å². The summed E-state index contributed by atoms with van der Waals surface area (Å²) in [5.74, 6) is -0.0479. The Labute approximate surface area is 134 Å². The van der Waals surface area contributed by atoms with Gasteiger partial charge in [-0.25, -0.2) is 18.1 Å². The Bertz CT molecular complexity index is 730. The lowest BCUT2D eigenvalue weighted by molar-refractivity contribution is 0.600. The molecule has 10 heteroatoms. The van der Waals surface area contributed by atoms with Crippen LogP contribution in [0.5, 0.6) is 0 Å². The van der Waals surface area contributed by atoms with Crippen LogP contribution in [0.2, 0.25) is 0 Å². The van der Waals surface area contributed by atoms with Crippen molar-refractivity contribution >= 4 is 43.2 Å². The van der Waals surface area contributed by atoms with Crippen molar-refractivity contribution < 1.29 is 8.42 Å². The fraction of sp³-hybridized carbons (Fsp3) is 0.364. The van der Waals surface area contributed by atoms with Gasteiger partial charge >= 0.3 is 0 Å². The lowest BCUT2D eigenvalue weighted by Gasteiger charge is -2.04. The second kappa shape index (κ2) is 5.95. The van der Waals surface area contributed by atoms with Crippen molar-refractivity contribution in [1.82, 2.24) is 20.5 Å². The minimum Gasteiger partial charge on any atom is -0.309 e. The van der Waals surface area contributed by atoms with E-state index < -0.39 is 10.0 Å². The molecule has 0 bridgehead atoms. The van der Waals surface area contributed by atoms with Crippen molar-refractivity contribution in [3.8, 4) is 0 Å². The average molecular weight is 390 g/mol. The summed E-state index contributed by atoms with van der Waals surface area (Å²) in [4.78, 5) is 4.95. The zero-order valence-electron chi connectivity index (χ0n) is 10.8.